The molecule has 22 heavy (non-hydrogen) atoms. The lowest BCUT2D eigenvalue weighted by Gasteiger charge is -2.18. The Morgan fingerprint density at radius 2 is 1.91 bits per heavy atom. The van der Waals surface area contributed by atoms with Crippen LogP contribution in [0.25, 0.3) is 0 Å². The zero-order chi connectivity index (χ0) is 16.3. The predicted molar refractivity (Wildman–Crippen MR) is 72.1 cm³/mol. The zero-order valence-electron chi connectivity index (χ0n) is 11.5. The molecule has 0 aromatic heterocycles. The fourth-order valence-electron chi connectivity index (χ4n) is 2.29. The SMILES string of the molecule is O=C(O)CCC(=O)NC1CC(=O)N(c2c(F)cccc2F)C1. The fourth-order valence-corrected chi connectivity index (χ4v) is 2.29. The second-order valence-corrected chi connectivity index (χ2v) is 4.94. The minimum absolute atomic E-state index is 0.0600. The van der Waals surface area contributed by atoms with Crippen LogP contribution in [0.3, 0.4) is 0 Å². The molecule has 1 fully saturated rings. The van der Waals surface area contributed by atoms with E-state index in [1.54, 1.807) is 0 Å². The van der Waals surface area contributed by atoms with Gasteiger partial charge in [0.1, 0.15) is 17.3 Å². The standard InChI is InChI=1S/C14H14F2N2O4/c15-9-2-1-3-10(16)14(9)18-7-8(6-12(18)20)17-11(19)4-5-13(21)22/h1-3,8H,4-7H2,(H,17,19)(H,21,22). The summed E-state index contributed by atoms with van der Waals surface area (Å²) in [5.74, 6) is -3.84. The van der Waals surface area contributed by atoms with Crippen LogP contribution < -0.4 is 10.2 Å². The Hall–Kier alpha value is -2.51. The molecule has 8 heteroatoms. The van der Waals surface area contributed by atoms with Gasteiger partial charge in [-0.3, -0.25) is 14.4 Å². The highest BCUT2D eigenvalue weighted by Crippen LogP contribution is 2.27. The number of carboxylic acids is 1. The summed E-state index contributed by atoms with van der Waals surface area (Å²) >= 11 is 0. The van der Waals surface area contributed by atoms with Gasteiger partial charge in [-0.25, -0.2) is 8.78 Å². The van der Waals surface area contributed by atoms with E-state index in [0.29, 0.717) is 0 Å². The quantitative estimate of drug-likeness (QED) is 0.851. The summed E-state index contributed by atoms with van der Waals surface area (Å²) in [5.41, 5.74) is -0.435. The van der Waals surface area contributed by atoms with Crippen LogP contribution >= 0.6 is 0 Å². The van der Waals surface area contributed by atoms with Crippen molar-refractivity contribution in [3.05, 3.63) is 29.8 Å². The van der Waals surface area contributed by atoms with Gasteiger partial charge in [0.25, 0.3) is 0 Å². The van der Waals surface area contributed by atoms with Gasteiger partial charge in [0.15, 0.2) is 0 Å². The average Bonchev–Trinajstić information content (AvgIpc) is 2.77. The molecule has 118 valence electrons. The number of anilines is 1. The minimum atomic E-state index is -1.10. The number of para-hydroxylation sites is 1. The maximum atomic E-state index is 13.7. The van der Waals surface area contributed by atoms with Crippen LogP contribution in [-0.4, -0.2) is 35.5 Å². The normalized spacial score (nSPS) is 17.6. The number of amides is 2. The number of hydrogen-bond donors (Lipinski definition) is 2. The van der Waals surface area contributed by atoms with Gasteiger partial charge in [-0.05, 0) is 12.1 Å². The van der Waals surface area contributed by atoms with Crippen molar-refractivity contribution in [1.82, 2.24) is 5.32 Å². The first-order valence-corrected chi connectivity index (χ1v) is 6.64. The number of carboxylic acid groups (broad SMARTS) is 1. The van der Waals surface area contributed by atoms with Crippen LogP contribution in [0.1, 0.15) is 19.3 Å². The molecule has 0 saturated carbocycles. The van der Waals surface area contributed by atoms with E-state index >= 15 is 0 Å². The summed E-state index contributed by atoms with van der Waals surface area (Å²) in [5, 5.41) is 11.0. The van der Waals surface area contributed by atoms with Crippen molar-refractivity contribution >= 4 is 23.5 Å². The summed E-state index contributed by atoms with van der Waals surface area (Å²) in [6, 6.07) is 2.68. The van der Waals surface area contributed by atoms with Crippen LogP contribution in [0.15, 0.2) is 18.2 Å². The van der Waals surface area contributed by atoms with Crippen LogP contribution in [0.5, 0.6) is 0 Å². The predicted octanol–water partition coefficient (Wildman–Crippen LogP) is 1.05. The van der Waals surface area contributed by atoms with E-state index in [1.165, 1.54) is 6.07 Å². The first-order chi connectivity index (χ1) is 10.4. The number of aliphatic carboxylic acids is 1. The Morgan fingerprint density at radius 1 is 1.27 bits per heavy atom. The molecular formula is C14H14F2N2O4. The highest BCUT2D eigenvalue weighted by molar-refractivity contribution is 5.97. The molecule has 0 spiro atoms. The van der Waals surface area contributed by atoms with Crippen molar-refractivity contribution in [1.29, 1.82) is 0 Å². The molecule has 1 atom stereocenters. The molecular weight excluding hydrogens is 298 g/mol. The lowest BCUT2D eigenvalue weighted by molar-refractivity contribution is -0.139. The molecule has 1 aromatic carbocycles. The van der Waals surface area contributed by atoms with Gasteiger partial charge in [-0.1, -0.05) is 6.07 Å². The average molecular weight is 312 g/mol. The van der Waals surface area contributed by atoms with Gasteiger partial charge in [0.2, 0.25) is 11.8 Å². The van der Waals surface area contributed by atoms with E-state index in [4.69, 9.17) is 5.11 Å². The Balaban J connectivity index is 2.02. The summed E-state index contributed by atoms with van der Waals surface area (Å²) in [4.78, 5) is 34.7. The first-order valence-electron chi connectivity index (χ1n) is 6.64. The smallest absolute Gasteiger partial charge is 0.303 e. The largest absolute Gasteiger partial charge is 0.481 e. The number of nitrogens with zero attached hydrogens (tertiary/aromatic N) is 1. The van der Waals surface area contributed by atoms with Crippen molar-refractivity contribution in [2.75, 3.05) is 11.4 Å². The minimum Gasteiger partial charge on any atom is -0.481 e. The third-order valence-corrected chi connectivity index (χ3v) is 3.26. The molecule has 2 N–H and O–H groups in total. The van der Waals surface area contributed by atoms with Crippen molar-refractivity contribution in [2.24, 2.45) is 0 Å². The maximum Gasteiger partial charge on any atom is 0.303 e. The van der Waals surface area contributed by atoms with E-state index in [0.717, 1.165) is 17.0 Å². The van der Waals surface area contributed by atoms with Crippen molar-refractivity contribution in [3.8, 4) is 0 Å². The van der Waals surface area contributed by atoms with Gasteiger partial charge >= 0.3 is 5.97 Å². The number of carbonyl (C=O) groups excluding carboxylic acids is 2. The third kappa shape index (κ3) is 3.57. The molecule has 1 aromatic rings. The van der Waals surface area contributed by atoms with Crippen LogP contribution in [0.4, 0.5) is 14.5 Å². The second-order valence-electron chi connectivity index (χ2n) is 4.94. The van der Waals surface area contributed by atoms with Crippen molar-refractivity contribution in [3.63, 3.8) is 0 Å². The molecule has 1 unspecified atom stereocenters. The second kappa shape index (κ2) is 6.50. The molecule has 6 nitrogen and oxygen atoms in total. The number of rotatable bonds is 5. The highest BCUT2D eigenvalue weighted by Gasteiger charge is 2.34. The maximum absolute atomic E-state index is 13.7. The van der Waals surface area contributed by atoms with Gasteiger partial charge in [0, 0.05) is 19.4 Å². The Morgan fingerprint density at radius 3 is 2.50 bits per heavy atom. The third-order valence-electron chi connectivity index (χ3n) is 3.26. The summed E-state index contributed by atoms with van der Waals surface area (Å²) in [6.45, 7) is -0.0600. The molecule has 0 bridgehead atoms. The van der Waals surface area contributed by atoms with Crippen LogP contribution in [-0.2, 0) is 14.4 Å². The summed E-state index contributed by atoms with van der Waals surface area (Å²) in [6.07, 6.45) is -0.626. The number of nitrogens with one attached hydrogen (secondary N) is 1. The first kappa shape index (κ1) is 15.9. The topological polar surface area (TPSA) is 86.7 Å². The van der Waals surface area contributed by atoms with E-state index in [-0.39, 0.29) is 25.8 Å². The van der Waals surface area contributed by atoms with E-state index in [9.17, 15) is 23.2 Å². The van der Waals surface area contributed by atoms with Crippen molar-refractivity contribution in [2.45, 2.75) is 25.3 Å². The number of carbonyl (C=O) groups is 3. The van der Waals surface area contributed by atoms with E-state index in [2.05, 4.69) is 5.32 Å². The molecule has 0 aliphatic carbocycles. The molecule has 1 aliphatic rings. The van der Waals surface area contributed by atoms with Gasteiger partial charge in [0.05, 0.1) is 12.5 Å². The Bertz CT molecular complexity index is 601. The molecule has 1 heterocycles. The number of benzene rings is 1. The van der Waals surface area contributed by atoms with E-state index in [1.807, 2.05) is 0 Å². The monoisotopic (exact) mass is 312 g/mol. The molecule has 1 aliphatic heterocycles. The van der Waals surface area contributed by atoms with Gasteiger partial charge < -0.3 is 15.3 Å². The van der Waals surface area contributed by atoms with E-state index < -0.39 is 41.1 Å². The molecule has 0 radical (unpaired) electrons. The highest BCUT2D eigenvalue weighted by atomic mass is 19.1. The van der Waals surface area contributed by atoms with Gasteiger partial charge in [-0.2, -0.15) is 0 Å². The zero-order valence-corrected chi connectivity index (χ0v) is 11.5. The lowest BCUT2D eigenvalue weighted by atomic mass is 10.2. The number of halogens is 2. The van der Waals surface area contributed by atoms with Crippen molar-refractivity contribution < 1.29 is 28.3 Å². The summed E-state index contributed by atoms with van der Waals surface area (Å²) < 4.78 is 27.4. The Kier molecular flexibility index (Phi) is 4.69. The summed E-state index contributed by atoms with van der Waals surface area (Å²) in [7, 11) is 0. The molecule has 2 rings (SSSR count). The molecule has 2 amide bonds. The fraction of sp³-hybridized carbons (Fsp3) is 0.357. The number of hydrogen-bond acceptors (Lipinski definition) is 3. The Labute approximate surface area is 124 Å². The molecule has 1 saturated heterocycles. The lowest BCUT2D eigenvalue weighted by Crippen LogP contribution is -2.37. The van der Waals surface area contributed by atoms with Crippen LogP contribution in [0, 0.1) is 11.6 Å². The van der Waals surface area contributed by atoms with Crippen LogP contribution in [0.2, 0.25) is 0 Å². The van der Waals surface area contributed by atoms with Gasteiger partial charge in [-0.15, -0.1) is 0 Å².